The van der Waals surface area contributed by atoms with Crippen LogP contribution in [0.15, 0.2) is 41.8 Å². The van der Waals surface area contributed by atoms with Crippen LogP contribution in [0, 0.1) is 0 Å². The van der Waals surface area contributed by atoms with Crippen molar-refractivity contribution in [2.45, 2.75) is 44.8 Å². The first kappa shape index (κ1) is 19.3. The Morgan fingerprint density at radius 3 is 2.96 bits per heavy atom. The molecule has 0 amide bonds. The van der Waals surface area contributed by atoms with E-state index in [2.05, 4.69) is 39.9 Å². The fraction of sp³-hybridized carbons (Fsp3) is 0.455. The van der Waals surface area contributed by atoms with Crippen molar-refractivity contribution in [2.24, 2.45) is 0 Å². The van der Waals surface area contributed by atoms with Crippen molar-refractivity contribution in [1.82, 2.24) is 14.9 Å². The van der Waals surface area contributed by atoms with E-state index in [0.29, 0.717) is 6.04 Å². The standard InChI is InChI=1S/C22H28N4OS/c1-27-13-11-17-7-4-5-12-26(17)16-21-24-20-10-3-2-9-19(20)22(25-21)23-15-18-8-6-14-28-18/h2-3,6,8-10,14,17H,4-5,7,11-13,15-16H2,1H3,(H,23,24,25). The number of para-hydroxylation sites is 1. The number of anilines is 1. The van der Waals surface area contributed by atoms with Gasteiger partial charge in [-0.3, -0.25) is 4.90 Å². The molecule has 28 heavy (non-hydrogen) atoms. The molecule has 0 spiro atoms. The van der Waals surface area contributed by atoms with Gasteiger partial charge < -0.3 is 10.1 Å². The molecule has 6 heteroatoms. The van der Waals surface area contributed by atoms with Gasteiger partial charge >= 0.3 is 0 Å². The van der Waals surface area contributed by atoms with E-state index in [9.17, 15) is 0 Å². The van der Waals surface area contributed by atoms with Crippen molar-refractivity contribution in [2.75, 3.05) is 25.6 Å². The highest BCUT2D eigenvalue weighted by Gasteiger charge is 2.23. The molecule has 3 heterocycles. The van der Waals surface area contributed by atoms with Crippen LogP contribution in [0.1, 0.15) is 36.4 Å². The van der Waals surface area contributed by atoms with Gasteiger partial charge in [-0.05, 0) is 49.4 Å². The van der Waals surface area contributed by atoms with E-state index < -0.39 is 0 Å². The predicted octanol–water partition coefficient (Wildman–Crippen LogP) is 4.69. The predicted molar refractivity (Wildman–Crippen MR) is 116 cm³/mol. The number of likely N-dealkylation sites (tertiary alicyclic amines) is 1. The third-order valence-corrected chi connectivity index (χ3v) is 6.28. The molecule has 1 aliphatic heterocycles. The average molecular weight is 397 g/mol. The summed E-state index contributed by atoms with van der Waals surface area (Å²) in [5.41, 5.74) is 1.01. The second-order valence-corrected chi connectivity index (χ2v) is 8.37. The second kappa shape index (κ2) is 9.45. The first-order chi connectivity index (χ1) is 13.8. The number of aromatic nitrogens is 2. The molecular formula is C22H28N4OS. The SMILES string of the molecule is COCCC1CCCCN1Cc1nc(NCc2cccs2)c2ccccc2n1. The number of nitrogens with one attached hydrogen (secondary N) is 1. The maximum absolute atomic E-state index is 5.32. The minimum absolute atomic E-state index is 0.561. The van der Waals surface area contributed by atoms with Crippen molar-refractivity contribution >= 4 is 28.1 Å². The van der Waals surface area contributed by atoms with Crippen molar-refractivity contribution in [3.05, 3.63) is 52.5 Å². The fourth-order valence-corrected chi connectivity index (χ4v) is 4.59. The van der Waals surface area contributed by atoms with Crippen molar-refractivity contribution in [3.63, 3.8) is 0 Å². The van der Waals surface area contributed by atoms with Gasteiger partial charge in [-0.2, -0.15) is 0 Å². The molecule has 2 aromatic heterocycles. The highest BCUT2D eigenvalue weighted by atomic mass is 32.1. The molecule has 148 valence electrons. The number of methoxy groups -OCH3 is 1. The van der Waals surface area contributed by atoms with Crippen LogP contribution in [-0.4, -0.2) is 41.2 Å². The van der Waals surface area contributed by atoms with E-state index in [0.717, 1.165) is 55.2 Å². The summed E-state index contributed by atoms with van der Waals surface area (Å²) in [4.78, 5) is 13.6. The molecule has 1 atom stereocenters. The summed E-state index contributed by atoms with van der Waals surface area (Å²) in [6.45, 7) is 3.51. The zero-order chi connectivity index (χ0) is 19.2. The van der Waals surface area contributed by atoms with Crippen LogP contribution in [0.25, 0.3) is 10.9 Å². The lowest BCUT2D eigenvalue weighted by Crippen LogP contribution is -2.40. The van der Waals surface area contributed by atoms with Crippen molar-refractivity contribution in [3.8, 4) is 0 Å². The van der Waals surface area contributed by atoms with Crippen LogP contribution >= 0.6 is 11.3 Å². The Labute approximate surface area is 170 Å². The zero-order valence-electron chi connectivity index (χ0n) is 16.4. The van der Waals surface area contributed by atoms with Crippen LogP contribution < -0.4 is 5.32 Å². The number of thiophene rings is 1. The number of piperidine rings is 1. The molecule has 1 N–H and O–H groups in total. The Morgan fingerprint density at radius 1 is 1.18 bits per heavy atom. The first-order valence-electron chi connectivity index (χ1n) is 10.1. The Kier molecular flexibility index (Phi) is 6.52. The van der Waals surface area contributed by atoms with Gasteiger partial charge in [-0.1, -0.05) is 24.6 Å². The minimum Gasteiger partial charge on any atom is -0.385 e. The molecular weight excluding hydrogens is 368 g/mol. The average Bonchev–Trinajstić information content (AvgIpc) is 3.25. The van der Waals surface area contributed by atoms with Gasteiger partial charge in [0.05, 0.1) is 18.6 Å². The molecule has 3 aromatic rings. The summed E-state index contributed by atoms with van der Waals surface area (Å²) in [6, 6.07) is 13.1. The molecule has 1 saturated heterocycles. The van der Waals surface area contributed by atoms with Gasteiger partial charge in [0.15, 0.2) is 0 Å². The number of rotatable bonds is 8. The number of hydrogen-bond donors (Lipinski definition) is 1. The van der Waals surface area contributed by atoms with Gasteiger partial charge in [0.2, 0.25) is 0 Å². The minimum atomic E-state index is 0.561. The quantitative estimate of drug-likeness (QED) is 0.598. The molecule has 5 nitrogen and oxygen atoms in total. The third-order valence-electron chi connectivity index (χ3n) is 5.41. The Morgan fingerprint density at radius 2 is 2.11 bits per heavy atom. The molecule has 1 unspecified atom stereocenters. The maximum atomic E-state index is 5.32. The van der Waals surface area contributed by atoms with Crippen LogP contribution in [0.3, 0.4) is 0 Å². The zero-order valence-corrected chi connectivity index (χ0v) is 17.3. The van der Waals surface area contributed by atoms with E-state index in [4.69, 9.17) is 14.7 Å². The molecule has 1 fully saturated rings. The van der Waals surface area contributed by atoms with Crippen LogP contribution in [0.4, 0.5) is 5.82 Å². The van der Waals surface area contributed by atoms with Gasteiger partial charge in [-0.15, -0.1) is 11.3 Å². The number of hydrogen-bond acceptors (Lipinski definition) is 6. The van der Waals surface area contributed by atoms with Gasteiger partial charge in [0.25, 0.3) is 0 Å². The summed E-state index contributed by atoms with van der Waals surface area (Å²) in [7, 11) is 1.78. The van der Waals surface area contributed by atoms with Crippen molar-refractivity contribution < 1.29 is 4.74 Å². The van der Waals surface area contributed by atoms with Crippen LogP contribution in [0.5, 0.6) is 0 Å². The normalized spacial score (nSPS) is 17.8. The number of nitrogens with zero attached hydrogens (tertiary/aromatic N) is 3. The van der Waals surface area contributed by atoms with Crippen LogP contribution in [0.2, 0.25) is 0 Å². The molecule has 0 radical (unpaired) electrons. The number of ether oxygens (including phenoxy) is 1. The Hall–Kier alpha value is -2.02. The lowest BCUT2D eigenvalue weighted by molar-refractivity contribution is 0.0954. The molecule has 4 rings (SSSR count). The van der Waals surface area contributed by atoms with E-state index >= 15 is 0 Å². The number of fused-ring (bicyclic) bond motifs is 1. The summed E-state index contributed by atoms with van der Waals surface area (Å²) in [6.07, 6.45) is 4.87. The topological polar surface area (TPSA) is 50.3 Å². The third kappa shape index (κ3) is 4.69. The van der Waals surface area contributed by atoms with E-state index in [-0.39, 0.29) is 0 Å². The summed E-state index contributed by atoms with van der Waals surface area (Å²) in [5.74, 6) is 1.83. The fourth-order valence-electron chi connectivity index (χ4n) is 3.94. The largest absolute Gasteiger partial charge is 0.385 e. The van der Waals surface area contributed by atoms with Crippen molar-refractivity contribution in [1.29, 1.82) is 0 Å². The van der Waals surface area contributed by atoms with E-state index in [1.807, 2.05) is 12.1 Å². The molecule has 1 aromatic carbocycles. The molecule has 0 bridgehead atoms. The van der Waals surface area contributed by atoms with E-state index in [1.165, 1.54) is 24.1 Å². The lowest BCUT2D eigenvalue weighted by Gasteiger charge is -2.35. The smallest absolute Gasteiger partial charge is 0.145 e. The highest BCUT2D eigenvalue weighted by Crippen LogP contribution is 2.25. The summed E-state index contributed by atoms with van der Waals surface area (Å²) < 4.78 is 5.32. The lowest BCUT2D eigenvalue weighted by atomic mass is 9.99. The number of benzene rings is 1. The molecule has 0 saturated carbocycles. The summed E-state index contributed by atoms with van der Waals surface area (Å²) >= 11 is 1.76. The monoisotopic (exact) mass is 396 g/mol. The van der Waals surface area contributed by atoms with E-state index in [1.54, 1.807) is 18.4 Å². The maximum Gasteiger partial charge on any atom is 0.145 e. The summed E-state index contributed by atoms with van der Waals surface area (Å²) in [5, 5.41) is 6.72. The Balaban J connectivity index is 1.56. The van der Waals surface area contributed by atoms with Gasteiger partial charge in [-0.25, -0.2) is 9.97 Å². The van der Waals surface area contributed by atoms with Gasteiger partial charge in [0, 0.05) is 30.0 Å². The highest BCUT2D eigenvalue weighted by molar-refractivity contribution is 7.09. The first-order valence-corrected chi connectivity index (χ1v) is 11.0. The second-order valence-electron chi connectivity index (χ2n) is 7.34. The Bertz CT molecular complexity index is 883. The molecule has 0 aliphatic carbocycles. The van der Waals surface area contributed by atoms with Gasteiger partial charge in [0.1, 0.15) is 11.6 Å². The molecule has 1 aliphatic rings. The van der Waals surface area contributed by atoms with Crippen LogP contribution in [-0.2, 0) is 17.8 Å².